The molecule has 0 aliphatic rings. The maximum Gasteiger partial charge on any atom is 0.217 e. The van der Waals surface area contributed by atoms with E-state index in [4.69, 9.17) is 0 Å². The Hall–Kier alpha value is -1.54. The molecule has 0 amide bonds. The number of ketones is 1. The lowest BCUT2D eigenvalue weighted by molar-refractivity contribution is 0.0956. The third-order valence-electron chi connectivity index (χ3n) is 4.34. The molecule has 150 valence electrons. The first-order valence-corrected chi connectivity index (χ1v) is 11.7. The highest BCUT2D eigenvalue weighted by Crippen LogP contribution is 2.27. The van der Waals surface area contributed by atoms with E-state index in [1.807, 2.05) is 61.6 Å². The highest BCUT2D eigenvalue weighted by molar-refractivity contribution is 7.98. The Bertz CT molecular complexity index is 561. The molecule has 0 N–H and O–H groups in total. The van der Waals surface area contributed by atoms with Gasteiger partial charge in [0.05, 0.1) is 0 Å². The molecule has 0 bridgehead atoms. The summed E-state index contributed by atoms with van der Waals surface area (Å²) in [5.41, 5.74) is 0.864. The number of rotatable bonds is 11. The smallest absolute Gasteiger partial charge is 0.217 e. The fraction of sp³-hybridized carbons (Fsp3) is 0.480. The van der Waals surface area contributed by atoms with Crippen molar-refractivity contribution in [2.45, 2.75) is 65.0 Å². The summed E-state index contributed by atoms with van der Waals surface area (Å²) in [5.74, 6) is 2.71. The summed E-state index contributed by atoms with van der Waals surface area (Å²) >= 11 is 0. The zero-order valence-corrected chi connectivity index (χ0v) is 18.9. The average molecular weight is 388 g/mol. The van der Waals surface area contributed by atoms with Crippen LogP contribution in [0.15, 0.2) is 67.3 Å². The second-order valence-corrected chi connectivity index (χ2v) is 9.78. The lowest BCUT2D eigenvalue weighted by atomic mass is 10.0. The van der Waals surface area contributed by atoms with Gasteiger partial charge in [0.1, 0.15) is 11.5 Å². The van der Waals surface area contributed by atoms with Crippen LogP contribution in [0.25, 0.3) is 0 Å². The first kappa shape index (κ1) is 25.5. The molecule has 0 unspecified atom stereocenters. The van der Waals surface area contributed by atoms with Crippen LogP contribution >= 0.6 is 0 Å². The maximum absolute atomic E-state index is 12.8. The predicted molar refractivity (Wildman–Crippen MR) is 126 cm³/mol. The van der Waals surface area contributed by atoms with Gasteiger partial charge < -0.3 is 0 Å². The van der Waals surface area contributed by atoms with E-state index in [9.17, 15) is 4.79 Å². The molecule has 1 nitrogen and oxygen atoms in total. The van der Waals surface area contributed by atoms with E-state index in [0.29, 0.717) is 5.78 Å². The van der Waals surface area contributed by atoms with Gasteiger partial charge in [-0.2, -0.15) is 0 Å². The molecule has 0 fully saturated rings. The molecule has 0 aromatic heterocycles. The van der Waals surface area contributed by atoms with E-state index >= 15 is 0 Å². The van der Waals surface area contributed by atoms with Gasteiger partial charge in [-0.15, -0.1) is 0 Å². The Morgan fingerprint density at radius 2 is 1.56 bits per heavy atom. The molecule has 0 aliphatic carbocycles. The number of Topliss-reactive ketones (excluding diaryl/α,β-unsaturated/α-hetero) is 1. The number of allylic oxidation sites excluding steroid dienone is 5. The van der Waals surface area contributed by atoms with Gasteiger partial charge in [0.15, 0.2) is 4.75 Å². The molecular weight excluding hydrogens is 348 g/mol. The minimum absolute atomic E-state index is 0.185. The van der Waals surface area contributed by atoms with E-state index in [1.54, 1.807) is 6.08 Å². The molecule has 0 atom stereocenters. The lowest BCUT2D eigenvalue weighted by Gasteiger charge is -2.25. The number of carbonyl (C=O) groups excluding carboxylic acids is 1. The molecule has 1 aromatic rings. The van der Waals surface area contributed by atoms with Crippen molar-refractivity contribution in [1.29, 1.82) is 0 Å². The quantitative estimate of drug-likeness (QED) is 0.223. The molecule has 0 radical (unpaired) electrons. The van der Waals surface area contributed by atoms with Crippen molar-refractivity contribution in [2.75, 3.05) is 11.5 Å². The van der Waals surface area contributed by atoms with Crippen LogP contribution in [0.2, 0.25) is 0 Å². The van der Waals surface area contributed by atoms with Crippen LogP contribution < -0.4 is 0 Å². The zero-order chi connectivity index (χ0) is 20.5. The van der Waals surface area contributed by atoms with Crippen LogP contribution in [-0.4, -0.2) is 22.0 Å². The first-order chi connectivity index (χ1) is 12.9. The molecule has 0 heterocycles. The number of carbonyl (C=O) groups is 1. The van der Waals surface area contributed by atoms with E-state index in [-0.39, 0.29) is 15.6 Å². The Morgan fingerprint density at radius 1 is 1.00 bits per heavy atom. The van der Waals surface area contributed by atoms with Gasteiger partial charge in [-0.25, -0.2) is 0 Å². The normalized spacial score (nSPS) is 11.6. The van der Waals surface area contributed by atoms with Gasteiger partial charge in [0.2, 0.25) is 5.78 Å². The van der Waals surface area contributed by atoms with Crippen molar-refractivity contribution in [3.05, 3.63) is 72.9 Å². The van der Waals surface area contributed by atoms with E-state index in [0.717, 1.165) is 5.56 Å². The van der Waals surface area contributed by atoms with Gasteiger partial charge >= 0.3 is 0 Å². The van der Waals surface area contributed by atoms with Gasteiger partial charge in [-0.3, -0.25) is 4.79 Å². The minimum atomic E-state index is -0.230. The van der Waals surface area contributed by atoms with Crippen LogP contribution in [0, 0.1) is 0 Å². The minimum Gasteiger partial charge on any atom is -0.288 e. The lowest BCUT2D eigenvalue weighted by Crippen LogP contribution is -2.43. The van der Waals surface area contributed by atoms with Crippen LogP contribution in [0.3, 0.4) is 0 Å². The van der Waals surface area contributed by atoms with Crippen molar-refractivity contribution in [2.24, 2.45) is 0 Å². The van der Waals surface area contributed by atoms with Gasteiger partial charge in [-0.05, 0) is 33.6 Å². The molecule has 1 rings (SSSR count). The molecule has 27 heavy (non-hydrogen) atoms. The highest BCUT2D eigenvalue weighted by atomic mass is 32.2. The second kappa shape index (κ2) is 15.5. The Kier molecular flexibility index (Phi) is 14.6. The standard InChI is InChI=1S/C18H29OS.C7H10/c1-5-7-14-20(15-8-6-2)18(3,4)17(19)16-12-10-9-11-13-16;1-3-5-7-6-4-2/h9-13H,5-8,14-15H2,1-4H3;3-7H,1H2,2H3/q+1;/b;6-4-,7-5-. The molecule has 0 aliphatic heterocycles. The van der Waals surface area contributed by atoms with Crippen molar-refractivity contribution in [3.63, 3.8) is 0 Å². The monoisotopic (exact) mass is 387 g/mol. The largest absolute Gasteiger partial charge is 0.288 e. The topological polar surface area (TPSA) is 17.1 Å². The van der Waals surface area contributed by atoms with Gasteiger partial charge in [0.25, 0.3) is 0 Å². The van der Waals surface area contributed by atoms with Crippen molar-refractivity contribution in [1.82, 2.24) is 0 Å². The Morgan fingerprint density at radius 3 is 2.00 bits per heavy atom. The molecule has 2 heteroatoms. The summed E-state index contributed by atoms with van der Waals surface area (Å²) < 4.78 is -0.230. The molecule has 1 aromatic carbocycles. The summed E-state index contributed by atoms with van der Waals surface area (Å²) in [6, 6.07) is 9.78. The molecule has 0 saturated carbocycles. The van der Waals surface area contributed by atoms with Gasteiger partial charge in [-0.1, -0.05) is 94.0 Å². The van der Waals surface area contributed by atoms with Crippen LogP contribution in [0.4, 0.5) is 0 Å². The Labute approximate surface area is 171 Å². The summed E-state index contributed by atoms with van der Waals surface area (Å²) in [4.78, 5) is 12.8. The summed E-state index contributed by atoms with van der Waals surface area (Å²) in [6.07, 6.45) is 14.4. The second-order valence-electron chi connectivity index (χ2n) is 6.96. The molecule has 0 spiro atoms. The average Bonchev–Trinajstić information content (AvgIpc) is 2.69. The summed E-state index contributed by atoms with van der Waals surface area (Å²) in [5, 5.41) is 0. The fourth-order valence-corrected chi connectivity index (χ4v) is 5.45. The predicted octanol–water partition coefficient (Wildman–Crippen LogP) is 7.17. The number of unbranched alkanes of at least 4 members (excludes halogenated alkanes) is 2. The van der Waals surface area contributed by atoms with Crippen molar-refractivity contribution < 1.29 is 4.79 Å². The van der Waals surface area contributed by atoms with E-state index < -0.39 is 0 Å². The Balaban J connectivity index is 0.000000821. The van der Waals surface area contributed by atoms with Crippen molar-refractivity contribution in [3.8, 4) is 0 Å². The SMILES string of the molecule is C=C/C=C\C=C/C.CCCC[S+](CCCC)C(C)(C)C(=O)c1ccccc1. The van der Waals surface area contributed by atoms with Crippen molar-refractivity contribution >= 4 is 16.7 Å². The fourth-order valence-electron chi connectivity index (χ4n) is 2.57. The molecule has 0 saturated heterocycles. The summed E-state index contributed by atoms with van der Waals surface area (Å²) in [6.45, 7) is 14.2. The third-order valence-corrected chi connectivity index (χ3v) is 7.54. The zero-order valence-electron chi connectivity index (χ0n) is 18.0. The third kappa shape index (κ3) is 10.4. The van der Waals surface area contributed by atoms with E-state index in [2.05, 4.69) is 34.3 Å². The van der Waals surface area contributed by atoms with Crippen LogP contribution in [0.1, 0.15) is 70.7 Å². The first-order valence-electron chi connectivity index (χ1n) is 10.1. The van der Waals surface area contributed by atoms with Gasteiger partial charge in [0, 0.05) is 16.5 Å². The number of benzene rings is 1. The summed E-state index contributed by atoms with van der Waals surface area (Å²) in [7, 11) is 0.185. The van der Waals surface area contributed by atoms with Crippen LogP contribution in [0.5, 0.6) is 0 Å². The maximum atomic E-state index is 12.8. The van der Waals surface area contributed by atoms with E-state index in [1.165, 1.54) is 37.2 Å². The number of hydrogen-bond acceptors (Lipinski definition) is 1. The number of hydrogen-bond donors (Lipinski definition) is 0. The molecular formula is C25H39OS+. The van der Waals surface area contributed by atoms with Crippen LogP contribution in [-0.2, 0) is 10.9 Å². The highest BCUT2D eigenvalue weighted by Gasteiger charge is 2.44.